The molecule has 0 fully saturated rings. The Morgan fingerprint density at radius 2 is 1.70 bits per heavy atom. The minimum absolute atomic E-state index is 0.0861. The minimum atomic E-state index is -0.431. The highest BCUT2D eigenvalue weighted by Gasteiger charge is 2.20. The molecule has 30 heavy (non-hydrogen) atoms. The highest BCUT2D eigenvalue weighted by atomic mass is 16.5. The van der Waals surface area contributed by atoms with Crippen molar-refractivity contribution in [3.05, 3.63) is 70.3 Å². The van der Waals surface area contributed by atoms with Crippen LogP contribution in [0.1, 0.15) is 58.6 Å². The van der Waals surface area contributed by atoms with E-state index < -0.39 is 5.97 Å². The average Bonchev–Trinajstić information content (AvgIpc) is 3.16. The number of Topliss-reactive ketones (excluding diaryl/α,β-unsaturated/α-hetero) is 1. The van der Waals surface area contributed by atoms with Crippen LogP contribution in [0.25, 0.3) is 5.69 Å². The number of aromatic nitrogens is 3. The van der Waals surface area contributed by atoms with E-state index in [9.17, 15) is 9.59 Å². The number of hydrogen-bond donors (Lipinski definition) is 0. The first-order valence-electron chi connectivity index (χ1n) is 10.2. The first-order valence-corrected chi connectivity index (χ1v) is 10.2. The van der Waals surface area contributed by atoms with Gasteiger partial charge in [-0.25, -0.2) is 4.68 Å². The van der Waals surface area contributed by atoms with Gasteiger partial charge in [0.25, 0.3) is 0 Å². The molecule has 0 saturated heterocycles. The van der Waals surface area contributed by atoms with Gasteiger partial charge in [-0.3, -0.25) is 9.59 Å². The van der Waals surface area contributed by atoms with Crippen molar-refractivity contribution in [1.29, 1.82) is 0 Å². The van der Waals surface area contributed by atoms with Crippen molar-refractivity contribution in [2.24, 2.45) is 0 Å². The van der Waals surface area contributed by atoms with E-state index in [1.807, 2.05) is 68.8 Å². The highest BCUT2D eigenvalue weighted by molar-refractivity contribution is 5.99. The summed E-state index contributed by atoms with van der Waals surface area (Å²) < 4.78 is 9.25. The van der Waals surface area contributed by atoms with Crippen molar-refractivity contribution in [3.63, 3.8) is 0 Å². The van der Waals surface area contributed by atoms with E-state index in [0.29, 0.717) is 5.56 Å². The van der Waals surface area contributed by atoms with Gasteiger partial charge in [-0.1, -0.05) is 18.2 Å². The van der Waals surface area contributed by atoms with Crippen LogP contribution >= 0.6 is 0 Å². The van der Waals surface area contributed by atoms with Gasteiger partial charge in [-0.15, -0.1) is 0 Å². The Bertz CT molecular complexity index is 1080. The van der Waals surface area contributed by atoms with Gasteiger partial charge in [0.15, 0.2) is 6.61 Å². The largest absolute Gasteiger partial charge is 0.457 e. The molecule has 0 N–H and O–H groups in total. The normalized spacial score (nSPS) is 11.2. The summed E-state index contributed by atoms with van der Waals surface area (Å²) in [6, 6.07) is 11.9. The number of carbonyl (C=O) groups is 2. The predicted molar refractivity (Wildman–Crippen MR) is 116 cm³/mol. The molecule has 0 atom stereocenters. The molecule has 2 heterocycles. The molecule has 0 aliphatic heterocycles. The second-order valence-electron chi connectivity index (χ2n) is 7.91. The van der Waals surface area contributed by atoms with E-state index in [-0.39, 0.29) is 24.9 Å². The second kappa shape index (κ2) is 8.69. The zero-order valence-corrected chi connectivity index (χ0v) is 18.5. The molecular weight excluding hydrogens is 378 g/mol. The molecule has 0 unspecified atom stereocenters. The predicted octanol–water partition coefficient (Wildman–Crippen LogP) is 4.46. The van der Waals surface area contributed by atoms with Crippen molar-refractivity contribution in [1.82, 2.24) is 14.3 Å². The fourth-order valence-electron chi connectivity index (χ4n) is 4.02. The average molecular weight is 408 g/mol. The number of ketones is 1. The first-order chi connectivity index (χ1) is 14.2. The summed E-state index contributed by atoms with van der Waals surface area (Å²) in [5.74, 6) is -0.614. The lowest BCUT2D eigenvalue weighted by Crippen LogP contribution is -2.17. The van der Waals surface area contributed by atoms with Gasteiger partial charge in [0.05, 0.1) is 17.8 Å². The first kappa shape index (κ1) is 21.6. The molecule has 6 heteroatoms. The third-order valence-electron chi connectivity index (χ3n) is 5.43. The lowest BCUT2D eigenvalue weighted by molar-refractivity contribution is -0.141. The summed E-state index contributed by atoms with van der Waals surface area (Å²) in [5.41, 5.74) is 5.97. The molecule has 0 bridgehead atoms. The van der Waals surface area contributed by atoms with E-state index in [1.165, 1.54) is 0 Å². The van der Waals surface area contributed by atoms with Crippen LogP contribution < -0.4 is 0 Å². The quantitative estimate of drug-likeness (QED) is 0.428. The fraction of sp³-hybridized carbons (Fsp3) is 0.375. The molecule has 0 aliphatic carbocycles. The summed E-state index contributed by atoms with van der Waals surface area (Å²) in [6.45, 7) is 11.6. The van der Waals surface area contributed by atoms with Crippen LogP contribution in [0.4, 0.5) is 0 Å². The van der Waals surface area contributed by atoms with Crippen molar-refractivity contribution < 1.29 is 14.3 Å². The van der Waals surface area contributed by atoms with Gasteiger partial charge >= 0.3 is 5.97 Å². The summed E-state index contributed by atoms with van der Waals surface area (Å²) >= 11 is 0. The lowest BCUT2D eigenvalue weighted by Gasteiger charge is -2.13. The Labute approximate surface area is 177 Å². The summed E-state index contributed by atoms with van der Waals surface area (Å²) in [5, 5.41) is 4.56. The number of aryl methyl sites for hydroxylation is 2. The molecule has 158 valence electrons. The standard InChI is InChI=1S/C24H29N3O3/c1-15(2)26-16(3)12-22(18(26)5)23(28)14-30-24(29)13-21-17(4)25-27(19(21)6)20-10-8-7-9-11-20/h7-12,15H,13-14H2,1-6H3. The van der Waals surface area contributed by atoms with Crippen molar-refractivity contribution in [2.45, 2.75) is 54.0 Å². The van der Waals surface area contributed by atoms with E-state index in [0.717, 1.165) is 34.0 Å². The summed E-state index contributed by atoms with van der Waals surface area (Å²) in [6.07, 6.45) is 0.0861. The maximum Gasteiger partial charge on any atom is 0.310 e. The minimum Gasteiger partial charge on any atom is -0.457 e. The smallest absolute Gasteiger partial charge is 0.310 e. The van der Waals surface area contributed by atoms with E-state index in [1.54, 1.807) is 0 Å². The van der Waals surface area contributed by atoms with E-state index in [2.05, 4.69) is 23.5 Å². The summed E-state index contributed by atoms with van der Waals surface area (Å²) in [7, 11) is 0. The van der Waals surface area contributed by atoms with Crippen LogP contribution in [-0.2, 0) is 16.0 Å². The van der Waals surface area contributed by atoms with Crippen LogP contribution in [0, 0.1) is 27.7 Å². The fourth-order valence-corrected chi connectivity index (χ4v) is 4.02. The van der Waals surface area contributed by atoms with Gasteiger partial charge in [-0.05, 0) is 59.7 Å². The van der Waals surface area contributed by atoms with Crippen molar-refractivity contribution in [2.75, 3.05) is 6.61 Å². The molecule has 0 amide bonds. The molecule has 0 aliphatic rings. The number of nitrogens with zero attached hydrogens (tertiary/aromatic N) is 3. The molecule has 2 aromatic heterocycles. The maximum absolute atomic E-state index is 12.6. The number of hydrogen-bond acceptors (Lipinski definition) is 4. The Morgan fingerprint density at radius 1 is 1.03 bits per heavy atom. The van der Waals surface area contributed by atoms with E-state index >= 15 is 0 Å². The number of esters is 1. The van der Waals surface area contributed by atoms with Crippen LogP contribution in [-0.4, -0.2) is 32.7 Å². The van der Waals surface area contributed by atoms with E-state index in [4.69, 9.17) is 4.74 Å². The Morgan fingerprint density at radius 3 is 2.30 bits per heavy atom. The van der Waals surface area contributed by atoms with Crippen molar-refractivity contribution >= 4 is 11.8 Å². The van der Waals surface area contributed by atoms with Gasteiger partial charge < -0.3 is 9.30 Å². The number of rotatable bonds is 7. The molecular formula is C24H29N3O3. The van der Waals surface area contributed by atoms with Crippen LogP contribution in [0.15, 0.2) is 36.4 Å². The van der Waals surface area contributed by atoms with Gasteiger partial charge in [0.1, 0.15) is 0 Å². The number of benzene rings is 1. The summed E-state index contributed by atoms with van der Waals surface area (Å²) in [4.78, 5) is 25.1. The SMILES string of the molecule is Cc1nn(-c2ccccc2)c(C)c1CC(=O)OCC(=O)c1cc(C)n(C(C)C)c1C. The van der Waals surface area contributed by atoms with Crippen molar-refractivity contribution in [3.8, 4) is 5.69 Å². The Kier molecular flexibility index (Phi) is 6.25. The lowest BCUT2D eigenvalue weighted by atomic mass is 10.1. The molecule has 3 rings (SSSR count). The number of para-hydroxylation sites is 1. The number of ether oxygens (including phenoxy) is 1. The van der Waals surface area contributed by atoms with Crippen LogP contribution in [0.2, 0.25) is 0 Å². The molecule has 1 aromatic carbocycles. The zero-order valence-electron chi connectivity index (χ0n) is 18.5. The Balaban J connectivity index is 1.68. The maximum atomic E-state index is 12.6. The van der Waals surface area contributed by atoms with Crippen LogP contribution in [0.3, 0.4) is 0 Å². The van der Waals surface area contributed by atoms with Crippen LogP contribution in [0.5, 0.6) is 0 Å². The molecule has 0 saturated carbocycles. The van der Waals surface area contributed by atoms with Gasteiger partial charge in [0.2, 0.25) is 5.78 Å². The number of carbonyl (C=O) groups excluding carboxylic acids is 2. The van der Waals surface area contributed by atoms with Gasteiger partial charge in [0, 0.05) is 34.3 Å². The third-order valence-corrected chi connectivity index (χ3v) is 5.43. The molecule has 3 aromatic rings. The second-order valence-corrected chi connectivity index (χ2v) is 7.91. The molecule has 0 spiro atoms. The topological polar surface area (TPSA) is 66.1 Å². The molecule has 0 radical (unpaired) electrons. The zero-order chi connectivity index (χ0) is 22.0. The molecule has 6 nitrogen and oxygen atoms in total. The Hall–Kier alpha value is -3.15. The van der Waals surface area contributed by atoms with Gasteiger partial charge in [-0.2, -0.15) is 5.10 Å². The third kappa shape index (κ3) is 4.22. The monoisotopic (exact) mass is 407 g/mol. The highest BCUT2D eigenvalue weighted by Crippen LogP contribution is 2.21.